The van der Waals surface area contributed by atoms with E-state index < -0.39 is 24.3 Å². The Morgan fingerprint density at radius 1 is 1.50 bits per heavy atom. The van der Waals surface area contributed by atoms with E-state index in [0.717, 1.165) is 19.8 Å². The van der Waals surface area contributed by atoms with Gasteiger partial charge >= 0.3 is 0 Å². The number of hydrogen-bond acceptors (Lipinski definition) is 3. The summed E-state index contributed by atoms with van der Waals surface area (Å²) in [5.41, 5.74) is 0. The van der Waals surface area contributed by atoms with Crippen LogP contribution in [-0.4, -0.2) is 35.4 Å². The molecule has 0 radical (unpaired) electrons. The van der Waals surface area contributed by atoms with Gasteiger partial charge in [0.2, 0.25) is 5.91 Å². The summed E-state index contributed by atoms with van der Waals surface area (Å²) in [4.78, 5) is 24.4. The zero-order valence-electron chi connectivity index (χ0n) is 12.6. The lowest BCUT2D eigenvalue weighted by molar-refractivity contribution is -0.145. The van der Waals surface area contributed by atoms with E-state index in [-0.39, 0.29) is 12.0 Å². The lowest BCUT2D eigenvalue weighted by Crippen LogP contribution is -2.55. The van der Waals surface area contributed by atoms with Crippen molar-refractivity contribution in [2.24, 2.45) is 17.0 Å². The molecular weight excluding hydrogens is 266 g/mol. The number of nitroso groups, excluding NO2 is 1. The average molecular weight is 290 g/mol. The third-order valence-corrected chi connectivity index (χ3v) is 4.12. The van der Waals surface area contributed by atoms with Crippen molar-refractivity contribution < 1.29 is 13.6 Å². The molecule has 4 nitrogen and oxygen atoms in total. The maximum atomic E-state index is 13.1. The zero-order valence-corrected chi connectivity index (χ0v) is 12.6. The Hall–Kier alpha value is -1.07. The van der Waals surface area contributed by atoms with E-state index in [0.29, 0.717) is 12.5 Å². The predicted molar refractivity (Wildman–Crippen MR) is 73.6 cm³/mol. The van der Waals surface area contributed by atoms with Crippen LogP contribution in [0.15, 0.2) is 5.18 Å². The van der Waals surface area contributed by atoms with E-state index in [9.17, 15) is 18.5 Å². The molecule has 0 aromatic carbocycles. The van der Waals surface area contributed by atoms with Crippen LogP contribution < -0.4 is 0 Å². The Labute approximate surface area is 118 Å². The summed E-state index contributed by atoms with van der Waals surface area (Å²) >= 11 is 0. The molecule has 0 aliphatic carbocycles. The highest BCUT2D eigenvalue weighted by Gasteiger charge is 2.41. The van der Waals surface area contributed by atoms with Crippen LogP contribution in [-0.2, 0) is 4.79 Å². The van der Waals surface area contributed by atoms with E-state index in [1.165, 1.54) is 4.90 Å². The minimum Gasteiger partial charge on any atom is -0.337 e. The van der Waals surface area contributed by atoms with Crippen LogP contribution in [0, 0.1) is 16.7 Å². The van der Waals surface area contributed by atoms with Crippen molar-refractivity contribution in [3.05, 3.63) is 4.91 Å². The van der Waals surface area contributed by atoms with Gasteiger partial charge in [0.1, 0.15) is 6.04 Å². The number of rotatable bonds is 5. The van der Waals surface area contributed by atoms with Gasteiger partial charge in [0.15, 0.2) is 0 Å². The molecule has 0 spiro atoms. The zero-order chi connectivity index (χ0) is 15.5. The Balaban J connectivity index is 2.94. The van der Waals surface area contributed by atoms with Gasteiger partial charge in [-0.3, -0.25) is 4.79 Å². The molecule has 0 aromatic rings. The van der Waals surface area contributed by atoms with Gasteiger partial charge in [0.05, 0.1) is 12.5 Å². The van der Waals surface area contributed by atoms with Gasteiger partial charge in [-0.15, -0.1) is 0 Å². The first kappa shape index (κ1) is 17.0. The number of alkyl halides is 2. The number of carbonyl (C=O) groups excluding carboxylic acids is 1. The maximum absolute atomic E-state index is 13.1. The minimum absolute atomic E-state index is 0.0934. The number of amides is 1. The molecule has 1 aliphatic heterocycles. The summed E-state index contributed by atoms with van der Waals surface area (Å²) in [5.74, 6) is -3.21. The van der Waals surface area contributed by atoms with Crippen molar-refractivity contribution in [3.63, 3.8) is 0 Å². The second-order valence-electron chi connectivity index (χ2n) is 6.12. The van der Waals surface area contributed by atoms with Crippen molar-refractivity contribution in [2.45, 2.75) is 65.0 Å². The largest absolute Gasteiger partial charge is 0.337 e. The molecule has 1 fully saturated rings. The average Bonchev–Trinajstić information content (AvgIpc) is 2.34. The molecule has 4 unspecified atom stereocenters. The number of halogens is 2. The predicted octanol–water partition coefficient (Wildman–Crippen LogP) is 3.45. The standard InChI is InChI=1S/C14H24F2N2O2/c1-5-11-6-9(2)13(10(3)17-20)18(8-11)12(19)7-14(4,15)16/h9-11,13H,5-8H2,1-4H3. The Morgan fingerprint density at radius 3 is 2.55 bits per heavy atom. The summed E-state index contributed by atoms with van der Waals surface area (Å²) in [7, 11) is 0. The Bertz CT molecular complexity index is 358. The van der Waals surface area contributed by atoms with Crippen LogP contribution in [0.3, 0.4) is 0 Å². The van der Waals surface area contributed by atoms with Crippen LogP contribution in [0.25, 0.3) is 0 Å². The maximum Gasteiger partial charge on any atom is 0.254 e. The van der Waals surface area contributed by atoms with E-state index in [4.69, 9.17) is 0 Å². The number of hydrogen-bond donors (Lipinski definition) is 0. The van der Waals surface area contributed by atoms with Crippen molar-refractivity contribution >= 4 is 5.91 Å². The van der Waals surface area contributed by atoms with Gasteiger partial charge in [-0.1, -0.05) is 25.4 Å². The van der Waals surface area contributed by atoms with Crippen LogP contribution in [0.4, 0.5) is 8.78 Å². The van der Waals surface area contributed by atoms with Crippen LogP contribution in [0.1, 0.15) is 47.0 Å². The molecule has 1 saturated heterocycles. The van der Waals surface area contributed by atoms with Gasteiger partial charge in [0, 0.05) is 6.54 Å². The fourth-order valence-corrected chi connectivity index (χ4v) is 3.18. The summed E-state index contributed by atoms with van der Waals surface area (Å²) in [6.45, 7) is 6.81. The number of piperidine rings is 1. The van der Waals surface area contributed by atoms with Crippen LogP contribution in [0.5, 0.6) is 0 Å². The first-order chi connectivity index (χ1) is 9.19. The molecule has 1 rings (SSSR count). The molecule has 1 aliphatic rings. The highest BCUT2D eigenvalue weighted by molar-refractivity contribution is 5.77. The molecule has 116 valence electrons. The molecule has 0 N–H and O–H groups in total. The number of nitrogens with zero attached hydrogens (tertiary/aromatic N) is 2. The van der Waals surface area contributed by atoms with E-state index >= 15 is 0 Å². The van der Waals surface area contributed by atoms with Crippen LogP contribution >= 0.6 is 0 Å². The van der Waals surface area contributed by atoms with Gasteiger partial charge in [-0.25, -0.2) is 8.78 Å². The summed E-state index contributed by atoms with van der Waals surface area (Å²) in [5, 5.41) is 3.01. The van der Waals surface area contributed by atoms with E-state index in [1.54, 1.807) is 6.92 Å². The smallest absolute Gasteiger partial charge is 0.254 e. The highest BCUT2D eigenvalue weighted by atomic mass is 19.3. The third kappa shape index (κ3) is 4.21. The highest BCUT2D eigenvalue weighted by Crippen LogP contribution is 2.33. The van der Waals surface area contributed by atoms with Crippen molar-refractivity contribution in [1.82, 2.24) is 4.90 Å². The molecule has 1 amide bonds. The second kappa shape index (κ2) is 6.59. The van der Waals surface area contributed by atoms with Crippen molar-refractivity contribution in [1.29, 1.82) is 0 Å². The van der Waals surface area contributed by atoms with Gasteiger partial charge in [-0.05, 0) is 32.1 Å². The lowest BCUT2D eigenvalue weighted by Gasteiger charge is -2.45. The lowest BCUT2D eigenvalue weighted by atomic mass is 9.80. The molecule has 4 atom stereocenters. The molecular formula is C14H24F2N2O2. The molecule has 0 saturated carbocycles. The van der Waals surface area contributed by atoms with Gasteiger partial charge < -0.3 is 4.90 Å². The Morgan fingerprint density at radius 2 is 2.10 bits per heavy atom. The van der Waals surface area contributed by atoms with Gasteiger partial charge in [0.25, 0.3) is 5.92 Å². The summed E-state index contributed by atoms with van der Waals surface area (Å²) in [6, 6.07) is -0.942. The topological polar surface area (TPSA) is 49.7 Å². The first-order valence-electron chi connectivity index (χ1n) is 7.19. The number of carbonyl (C=O) groups is 1. The third-order valence-electron chi connectivity index (χ3n) is 4.12. The Kier molecular flexibility index (Phi) is 5.59. The summed E-state index contributed by atoms with van der Waals surface area (Å²) < 4.78 is 26.2. The van der Waals surface area contributed by atoms with E-state index in [2.05, 4.69) is 5.18 Å². The molecule has 0 aromatic heterocycles. The quantitative estimate of drug-likeness (QED) is 0.728. The molecule has 1 heterocycles. The molecule has 20 heavy (non-hydrogen) atoms. The summed E-state index contributed by atoms with van der Waals surface area (Å²) in [6.07, 6.45) is 0.984. The first-order valence-corrected chi connectivity index (χ1v) is 7.19. The van der Waals surface area contributed by atoms with Crippen LogP contribution in [0.2, 0.25) is 0 Å². The van der Waals surface area contributed by atoms with Crippen molar-refractivity contribution in [3.8, 4) is 0 Å². The number of likely N-dealkylation sites (tertiary alicyclic amines) is 1. The monoisotopic (exact) mass is 290 g/mol. The molecule has 6 heteroatoms. The van der Waals surface area contributed by atoms with Crippen molar-refractivity contribution in [2.75, 3.05) is 6.54 Å². The van der Waals surface area contributed by atoms with Gasteiger partial charge in [-0.2, -0.15) is 4.91 Å². The second-order valence-corrected chi connectivity index (χ2v) is 6.12. The fourth-order valence-electron chi connectivity index (χ4n) is 3.18. The molecule has 0 bridgehead atoms. The normalized spacial score (nSPS) is 29.1. The fraction of sp³-hybridized carbons (Fsp3) is 0.929. The SMILES string of the molecule is CCC1CC(C)C(C(C)N=O)N(C(=O)CC(C)(F)F)C1. The minimum atomic E-state index is -3.03. The van der Waals surface area contributed by atoms with E-state index in [1.807, 2.05) is 13.8 Å².